The van der Waals surface area contributed by atoms with Crippen molar-refractivity contribution in [2.75, 3.05) is 6.61 Å². The highest BCUT2D eigenvalue weighted by Gasteiger charge is 2.28. The van der Waals surface area contributed by atoms with Crippen LogP contribution >= 0.6 is 67.8 Å². The van der Waals surface area contributed by atoms with Gasteiger partial charge in [0, 0.05) is 17.1 Å². The van der Waals surface area contributed by atoms with E-state index in [-0.39, 0.29) is 35.9 Å². The van der Waals surface area contributed by atoms with Crippen LogP contribution in [0.25, 0.3) is 0 Å². The average Bonchev–Trinajstić information content (AvgIpc) is 2.91. The number of hydrogen-bond donors (Lipinski definition) is 0. The smallest absolute Gasteiger partial charge is 0.340 e. The van der Waals surface area contributed by atoms with Crippen molar-refractivity contribution in [1.29, 1.82) is 0 Å². The fourth-order valence-corrected chi connectivity index (χ4v) is 7.92. The molecule has 0 atom stereocenters. The van der Waals surface area contributed by atoms with Gasteiger partial charge in [0.1, 0.15) is 5.75 Å². The minimum absolute atomic E-state index is 0.154. The zero-order chi connectivity index (χ0) is 26.2. The molecular formula is C29H22I3O4S+. The quantitative estimate of drug-likeness (QED) is 0.0427. The normalized spacial score (nSPS) is 10.8. The zero-order valence-electron chi connectivity index (χ0n) is 19.5. The number of carbonyl (C=O) groups excluding carboxylic acids is 2. The molecule has 4 rings (SSSR count). The molecule has 188 valence electrons. The number of ether oxygens (including phenoxy) is 2. The van der Waals surface area contributed by atoms with Crippen LogP contribution < -0.4 is 4.74 Å². The van der Waals surface area contributed by atoms with E-state index in [1.165, 1.54) is 9.79 Å². The van der Waals surface area contributed by atoms with Crippen LogP contribution in [-0.2, 0) is 20.4 Å². The molecule has 4 aromatic carbocycles. The van der Waals surface area contributed by atoms with Crippen LogP contribution in [0.5, 0.6) is 5.75 Å². The van der Waals surface area contributed by atoms with E-state index in [0.717, 1.165) is 15.6 Å². The van der Waals surface area contributed by atoms with E-state index < -0.39 is 0 Å². The molecule has 0 radical (unpaired) electrons. The Morgan fingerprint density at radius 1 is 0.676 bits per heavy atom. The third-order valence-electron chi connectivity index (χ3n) is 5.26. The van der Waals surface area contributed by atoms with Gasteiger partial charge in [-0.15, -0.1) is 0 Å². The molecule has 0 aromatic heterocycles. The Balaban J connectivity index is 1.32. The largest absolute Gasteiger partial charge is 0.462 e. The van der Waals surface area contributed by atoms with Crippen molar-refractivity contribution < 1.29 is 19.1 Å². The van der Waals surface area contributed by atoms with E-state index >= 15 is 0 Å². The van der Waals surface area contributed by atoms with Crippen LogP contribution in [0.2, 0.25) is 0 Å². The molecule has 0 spiro atoms. The molecule has 0 unspecified atom stereocenters. The summed E-state index contributed by atoms with van der Waals surface area (Å²) >= 11 is 6.48. The summed E-state index contributed by atoms with van der Waals surface area (Å²) in [5.41, 5.74) is 0.570. The Morgan fingerprint density at radius 2 is 1.22 bits per heavy atom. The first-order chi connectivity index (χ1) is 17.9. The van der Waals surface area contributed by atoms with E-state index in [0.29, 0.717) is 17.7 Å². The molecule has 0 aliphatic heterocycles. The predicted octanol–water partition coefficient (Wildman–Crippen LogP) is 8.14. The lowest BCUT2D eigenvalue weighted by molar-refractivity contribution is -0.134. The molecule has 0 saturated carbocycles. The summed E-state index contributed by atoms with van der Waals surface area (Å²) in [6.45, 7) is 0.154. The second kappa shape index (κ2) is 13.9. The Kier molecular flexibility index (Phi) is 10.7. The maximum Gasteiger partial charge on any atom is 0.340 e. The van der Waals surface area contributed by atoms with Crippen LogP contribution in [0.4, 0.5) is 0 Å². The number of esters is 2. The Labute approximate surface area is 260 Å². The summed E-state index contributed by atoms with van der Waals surface area (Å²) in [6.07, 6.45) is 0.555. The number of rotatable bonds is 9. The highest BCUT2D eigenvalue weighted by molar-refractivity contribution is 14.1. The van der Waals surface area contributed by atoms with Crippen molar-refractivity contribution in [2.24, 2.45) is 0 Å². The lowest BCUT2D eigenvalue weighted by atomic mass is 10.2. The maximum absolute atomic E-state index is 12.5. The van der Waals surface area contributed by atoms with Gasteiger partial charge in [-0.3, -0.25) is 4.79 Å². The van der Waals surface area contributed by atoms with Crippen LogP contribution in [0, 0.1) is 10.7 Å². The SMILES string of the molecule is O=C(CCCOC(=O)c1c(I)ccc(I)c1I)Oc1ccc([S+](c2ccccc2)c2ccccc2)cc1. The second-order valence-electron chi connectivity index (χ2n) is 7.84. The molecule has 4 aromatic rings. The second-order valence-corrected chi connectivity index (χ2v) is 13.3. The van der Waals surface area contributed by atoms with E-state index in [9.17, 15) is 9.59 Å². The van der Waals surface area contributed by atoms with E-state index in [4.69, 9.17) is 9.47 Å². The van der Waals surface area contributed by atoms with Crippen molar-refractivity contribution >= 4 is 90.6 Å². The summed E-state index contributed by atoms with van der Waals surface area (Å²) in [6, 6.07) is 32.3. The molecule has 8 heteroatoms. The van der Waals surface area contributed by atoms with Crippen molar-refractivity contribution in [2.45, 2.75) is 27.5 Å². The van der Waals surface area contributed by atoms with E-state index in [1.54, 1.807) is 0 Å². The molecule has 4 nitrogen and oxygen atoms in total. The molecule has 0 amide bonds. The molecular weight excluding hydrogens is 825 g/mol. The lowest BCUT2D eigenvalue weighted by Crippen LogP contribution is -2.13. The molecule has 0 aliphatic carbocycles. The standard InChI is InChI=1S/C29H22I3O4S/c30-24-17-18-25(31)28(32)27(24)29(34)35-19-7-12-26(33)36-20-13-15-23(16-14-20)37(21-8-3-1-4-9-21)22-10-5-2-6-11-22/h1-6,8-11,13-18H,7,12,19H2/q+1. The van der Waals surface area contributed by atoms with Crippen molar-refractivity contribution in [3.05, 3.63) is 113 Å². The van der Waals surface area contributed by atoms with Gasteiger partial charge >= 0.3 is 11.9 Å². The maximum atomic E-state index is 12.5. The molecule has 0 saturated heterocycles. The highest BCUT2D eigenvalue weighted by atomic mass is 127. The van der Waals surface area contributed by atoms with E-state index in [1.807, 2.05) is 72.8 Å². The monoisotopic (exact) mass is 847 g/mol. The molecule has 0 bridgehead atoms. The fraction of sp³-hybridized carbons (Fsp3) is 0.103. The number of carbonyl (C=O) groups is 2. The zero-order valence-corrected chi connectivity index (χ0v) is 26.8. The van der Waals surface area contributed by atoms with Crippen LogP contribution in [0.3, 0.4) is 0 Å². The summed E-state index contributed by atoms with van der Waals surface area (Å²) in [5.74, 6) is -0.228. The first kappa shape index (κ1) is 28.4. The number of halogens is 3. The van der Waals surface area contributed by atoms with Crippen LogP contribution in [-0.4, -0.2) is 18.5 Å². The first-order valence-electron chi connectivity index (χ1n) is 11.4. The van der Waals surface area contributed by atoms with Gasteiger partial charge in [-0.2, -0.15) is 0 Å². The van der Waals surface area contributed by atoms with Gasteiger partial charge in [0.05, 0.1) is 23.1 Å². The predicted molar refractivity (Wildman–Crippen MR) is 171 cm³/mol. The minimum Gasteiger partial charge on any atom is -0.462 e. The van der Waals surface area contributed by atoms with Crippen molar-refractivity contribution in [3.8, 4) is 5.75 Å². The van der Waals surface area contributed by atoms with Crippen LogP contribution in [0.1, 0.15) is 23.2 Å². The average molecular weight is 847 g/mol. The van der Waals surface area contributed by atoms with Gasteiger partial charge in [0.2, 0.25) is 0 Å². The summed E-state index contributed by atoms with van der Waals surface area (Å²) in [7, 11) is -0.258. The van der Waals surface area contributed by atoms with Gasteiger partial charge in [-0.25, -0.2) is 4.79 Å². The third-order valence-corrected chi connectivity index (χ3v) is 11.4. The van der Waals surface area contributed by atoms with Gasteiger partial charge in [-0.05, 0) is 135 Å². The fourth-order valence-electron chi connectivity index (χ4n) is 3.52. The molecule has 0 aliphatic rings. The van der Waals surface area contributed by atoms with Gasteiger partial charge < -0.3 is 9.47 Å². The molecule has 0 heterocycles. The molecule has 0 N–H and O–H groups in total. The summed E-state index contributed by atoms with van der Waals surface area (Å²) < 4.78 is 13.7. The first-order valence-corrected chi connectivity index (χ1v) is 15.9. The highest BCUT2D eigenvalue weighted by Crippen LogP contribution is 2.32. The van der Waals surface area contributed by atoms with Crippen LogP contribution in [0.15, 0.2) is 112 Å². The van der Waals surface area contributed by atoms with Gasteiger partial charge in [0.15, 0.2) is 14.7 Å². The van der Waals surface area contributed by atoms with Gasteiger partial charge in [0.25, 0.3) is 0 Å². The topological polar surface area (TPSA) is 52.6 Å². The Bertz CT molecular complexity index is 1320. The third kappa shape index (κ3) is 7.70. The Hall–Kier alpha value is -1.64. The summed E-state index contributed by atoms with van der Waals surface area (Å²) in [5, 5.41) is 0. The lowest BCUT2D eigenvalue weighted by Gasteiger charge is -2.10. The van der Waals surface area contributed by atoms with Gasteiger partial charge in [-0.1, -0.05) is 36.4 Å². The summed E-state index contributed by atoms with van der Waals surface area (Å²) in [4.78, 5) is 28.5. The van der Waals surface area contributed by atoms with Crippen molar-refractivity contribution in [3.63, 3.8) is 0 Å². The van der Waals surface area contributed by atoms with E-state index in [2.05, 4.69) is 92.0 Å². The minimum atomic E-state index is -0.372. The molecule has 0 fully saturated rings. The molecule has 37 heavy (non-hydrogen) atoms. The number of benzene rings is 4. The Morgan fingerprint density at radius 3 is 1.81 bits per heavy atom. The number of hydrogen-bond acceptors (Lipinski definition) is 4. The van der Waals surface area contributed by atoms with Crippen molar-refractivity contribution in [1.82, 2.24) is 0 Å².